The summed E-state index contributed by atoms with van der Waals surface area (Å²) in [4.78, 5) is 11.4. The molecule has 0 aliphatic carbocycles. The number of hydrogen-bond donors (Lipinski definition) is 0. The van der Waals surface area contributed by atoms with Gasteiger partial charge in [-0.2, -0.15) is 0 Å². The van der Waals surface area contributed by atoms with Gasteiger partial charge in [0.2, 0.25) is 0 Å². The first-order valence-corrected chi connectivity index (χ1v) is 5.88. The summed E-state index contributed by atoms with van der Waals surface area (Å²) in [6.45, 7) is 0. The van der Waals surface area contributed by atoms with Crippen molar-refractivity contribution < 1.29 is 9.32 Å². The average molecular weight is 261 g/mol. The average Bonchev–Trinajstić information content (AvgIpc) is 2.26. The molecule has 3 nitrogen and oxygen atoms in total. The number of benzene rings is 1. The lowest BCUT2D eigenvalue weighted by Crippen LogP contribution is -2.31. The molecular weight excluding hydrogens is 247 g/mol. The van der Waals surface area contributed by atoms with E-state index in [0.29, 0.717) is 6.42 Å². The molecule has 0 aromatic heterocycles. The van der Waals surface area contributed by atoms with Crippen LogP contribution in [0.15, 0.2) is 30.3 Å². The zero-order valence-corrected chi connectivity index (χ0v) is 11.6. The summed E-state index contributed by atoms with van der Waals surface area (Å²) < 4.78 is 6.35. The highest BCUT2D eigenvalue weighted by Gasteiger charge is 2.21. The summed E-state index contributed by atoms with van der Waals surface area (Å²) in [6.07, 6.45) is 0.626. The Balaban J connectivity index is 2.72. The lowest BCUT2D eigenvalue weighted by Gasteiger charge is -2.20. The molecule has 15 heavy (non-hydrogen) atoms. The second-order valence-corrected chi connectivity index (χ2v) is 5.11. The smallest absolute Gasteiger partial charge is 0.326 e. The third kappa shape index (κ3) is 4.13. The van der Waals surface area contributed by atoms with Crippen LogP contribution in [0.3, 0.4) is 0 Å². The summed E-state index contributed by atoms with van der Waals surface area (Å²) in [7, 11) is 6.88. The first-order valence-electron chi connectivity index (χ1n) is 4.38. The van der Waals surface area contributed by atoms with Crippen LogP contribution in [0.2, 0.25) is 0 Å². The van der Waals surface area contributed by atoms with Gasteiger partial charge in [-0.3, -0.25) is 9.24 Å². The Morgan fingerprint density at radius 1 is 1.33 bits per heavy atom. The Morgan fingerprint density at radius 2 is 1.93 bits per heavy atom. The molecule has 0 saturated carbocycles. The molecule has 0 radical (unpaired) electrons. The molecule has 0 aliphatic rings. The largest absolute Gasteiger partial charge is 0.450 e. The Morgan fingerprint density at radius 3 is 2.40 bits per heavy atom. The molecule has 0 spiro atoms. The van der Waals surface area contributed by atoms with Gasteiger partial charge >= 0.3 is 5.97 Å². The molecule has 0 bridgehead atoms. The Kier molecular flexibility index (Phi) is 5.64. The molecule has 0 saturated heterocycles. The van der Waals surface area contributed by atoms with Gasteiger partial charge in [0.25, 0.3) is 0 Å². The third-order valence-corrected chi connectivity index (χ3v) is 2.97. The number of nitrogens with zero attached hydrogens (tertiary/aromatic N) is 1. The predicted molar refractivity (Wildman–Crippen MR) is 71.0 cm³/mol. The molecule has 0 amide bonds. The van der Waals surface area contributed by atoms with E-state index in [2.05, 4.69) is 23.3 Å². The molecular formula is C9H14NO2P3. The van der Waals surface area contributed by atoms with E-state index in [0.717, 1.165) is 5.56 Å². The van der Waals surface area contributed by atoms with E-state index in [1.165, 1.54) is 0 Å². The van der Waals surface area contributed by atoms with Crippen molar-refractivity contribution in [1.29, 1.82) is 0 Å². The number of carbonyl (C=O) groups excluding carboxylic acids is 1. The number of rotatable bonds is 4. The summed E-state index contributed by atoms with van der Waals surface area (Å²) in [6, 6.07) is 9.53. The lowest BCUT2D eigenvalue weighted by atomic mass is 10.1. The van der Waals surface area contributed by atoms with Crippen molar-refractivity contribution in [3.05, 3.63) is 35.9 Å². The monoisotopic (exact) mass is 261 g/mol. The highest BCUT2D eigenvalue weighted by atomic mass is 31.1. The Hall–Kier alpha value is -0.0600. The van der Waals surface area contributed by atoms with Crippen molar-refractivity contribution in [3.8, 4) is 0 Å². The van der Waals surface area contributed by atoms with E-state index in [-0.39, 0.29) is 12.0 Å². The zero-order valence-electron chi connectivity index (χ0n) is 8.17. The van der Waals surface area contributed by atoms with Crippen LogP contribution in [0.25, 0.3) is 0 Å². The Labute approximate surface area is 96.7 Å². The molecule has 1 aromatic carbocycles. The van der Waals surface area contributed by atoms with E-state index in [4.69, 9.17) is 0 Å². The molecule has 1 rings (SSSR count). The van der Waals surface area contributed by atoms with E-state index in [9.17, 15) is 4.79 Å². The van der Waals surface area contributed by atoms with Crippen LogP contribution in [-0.2, 0) is 15.7 Å². The van der Waals surface area contributed by atoms with Crippen LogP contribution in [0.4, 0.5) is 0 Å². The lowest BCUT2D eigenvalue weighted by molar-refractivity contribution is -0.136. The van der Waals surface area contributed by atoms with Crippen molar-refractivity contribution in [1.82, 2.24) is 4.44 Å². The van der Waals surface area contributed by atoms with Crippen molar-refractivity contribution in [2.45, 2.75) is 12.5 Å². The minimum Gasteiger partial charge on any atom is -0.450 e. The maximum absolute atomic E-state index is 11.4. The minimum absolute atomic E-state index is 0.270. The molecule has 1 aromatic rings. The molecule has 0 heterocycles. The van der Waals surface area contributed by atoms with Gasteiger partial charge in [0.1, 0.15) is 6.04 Å². The second kappa shape index (κ2) is 6.51. The predicted octanol–water partition coefficient (Wildman–Crippen LogP) is 1.81. The number of hydrogen-bond acceptors (Lipinski definition) is 3. The fourth-order valence-electron chi connectivity index (χ4n) is 1.23. The van der Waals surface area contributed by atoms with Crippen LogP contribution in [0.1, 0.15) is 5.56 Å². The third-order valence-electron chi connectivity index (χ3n) is 2.02. The van der Waals surface area contributed by atoms with Crippen molar-refractivity contribution in [3.63, 3.8) is 0 Å². The van der Waals surface area contributed by atoms with Gasteiger partial charge in [-0.15, -0.1) is 0 Å². The fourth-order valence-corrected chi connectivity index (χ4v) is 1.84. The van der Waals surface area contributed by atoms with E-state index in [1.807, 2.05) is 39.8 Å². The quantitative estimate of drug-likeness (QED) is 0.774. The van der Waals surface area contributed by atoms with E-state index < -0.39 is 0 Å². The van der Waals surface area contributed by atoms with Gasteiger partial charge in [0.15, 0.2) is 0 Å². The summed E-state index contributed by atoms with van der Waals surface area (Å²) >= 11 is 0. The van der Waals surface area contributed by atoms with Crippen LogP contribution in [0, 0.1) is 0 Å². The van der Waals surface area contributed by atoms with Crippen LogP contribution in [-0.4, -0.2) is 16.5 Å². The summed E-state index contributed by atoms with van der Waals surface area (Å²) in [5.74, 6) is -0.270. The maximum Gasteiger partial charge on any atom is 0.326 e. The second-order valence-electron chi connectivity index (χ2n) is 3.09. The normalized spacial score (nSPS) is 12.5. The van der Waals surface area contributed by atoms with E-state index >= 15 is 0 Å². The van der Waals surface area contributed by atoms with Crippen LogP contribution in [0.5, 0.6) is 0 Å². The number of carbonyl (C=O) groups is 1. The Bertz CT molecular complexity index is 318. The molecule has 6 heteroatoms. The van der Waals surface area contributed by atoms with Gasteiger partial charge in [0.05, 0.1) is 9.47 Å². The molecule has 0 N–H and O–H groups in total. The van der Waals surface area contributed by atoms with Crippen LogP contribution < -0.4 is 0 Å². The highest BCUT2D eigenvalue weighted by Crippen LogP contribution is 2.19. The van der Waals surface area contributed by atoms with Crippen LogP contribution >= 0.6 is 28.2 Å². The molecule has 0 fully saturated rings. The minimum atomic E-state index is -0.306. The van der Waals surface area contributed by atoms with Gasteiger partial charge in [0, 0.05) is 0 Å². The SMILES string of the molecule is O=C(OP)C(Cc1ccccc1)N(P)P. The van der Waals surface area contributed by atoms with Crippen molar-refractivity contribution in [2.24, 2.45) is 0 Å². The molecule has 4 unspecified atom stereocenters. The van der Waals surface area contributed by atoms with Crippen molar-refractivity contribution >= 4 is 34.2 Å². The first-order chi connectivity index (χ1) is 7.15. The fraction of sp³-hybridized carbons (Fsp3) is 0.222. The molecule has 0 aliphatic heterocycles. The van der Waals surface area contributed by atoms with Gasteiger partial charge in [-0.25, -0.2) is 0 Å². The van der Waals surface area contributed by atoms with Crippen molar-refractivity contribution in [2.75, 3.05) is 0 Å². The van der Waals surface area contributed by atoms with E-state index in [1.54, 1.807) is 4.44 Å². The first kappa shape index (κ1) is 13.0. The van der Waals surface area contributed by atoms with Gasteiger partial charge in [-0.05, 0) is 12.0 Å². The van der Waals surface area contributed by atoms with Gasteiger partial charge in [-0.1, -0.05) is 49.1 Å². The zero-order chi connectivity index (χ0) is 11.3. The topological polar surface area (TPSA) is 29.5 Å². The van der Waals surface area contributed by atoms with Gasteiger partial charge < -0.3 is 4.52 Å². The molecule has 82 valence electrons. The summed E-state index contributed by atoms with van der Waals surface area (Å²) in [5.41, 5.74) is 1.10. The molecule has 4 atom stereocenters. The standard InChI is InChI=1S/C9H14NO2P3/c11-9(12-15)8(10(13)14)6-7-4-2-1-3-5-7/h1-5,8H,6,13-15H2. The summed E-state index contributed by atoms with van der Waals surface area (Å²) in [5, 5.41) is 0. The highest BCUT2D eigenvalue weighted by molar-refractivity contribution is 7.31. The maximum atomic E-state index is 11.4.